The van der Waals surface area contributed by atoms with E-state index < -0.39 is 17.4 Å². The molecular formula is C19H19ClN2O3. The summed E-state index contributed by atoms with van der Waals surface area (Å²) in [5.74, 6) is -1.55. The van der Waals surface area contributed by atoms with E-state index in [-0.39, 0.29) is 12.5 Å². The number of carbonyl (C=O) groups excluding carboxylic acids is 2. The molecule has 1 fully saturated rings. The number of halogens is 1. The lowest BCUT2D eigenvalue weighted by molar-refractivity contribution is -0.137. The molecule has 1 unspecified atom stereocenters. The second kappa shape index (κ2) is 7.25. The van der Waals surface area contributed by atoms with Crippen molar-refractivity contribution in [2.75, 3.05) is 11.9 Å². The lowest BCUT2D eigenvalue weighted by atomic mass is 9.88. The predicted molar refractivity (Wildman–Crippen MR) is 96.2 cm³/mol. The number of rotatable bonds is 5. The van der Waals surface area contributed by atoms with Crippen LogP contribution in [0.15, 0.2) is 54.6 Å². The molecule has 1 saturated carbocycles. The van der Waals surface area contributed by atoms with Crippen molar-refractivity contribution < 1.29 is 14.7 Å². The molecule has 1 aliphatic rings. The molecule has 2 aromatic rings. The van der Waals surface area contributed by atoms with Crippen LogP contribution in [0.5, 0.6) is 0 Å². The first-order valence-corrected chi connectivity index (χ1v) is 8.50. The molecule has 25 heavy (non-hydrogen) atoms. The molecule has 0 aromatic heterocycles. The van der Waals surface area contributed by atoms with Gasteiger partial charge in [-0.3, -0.25) is 9.59 Å². The Kier molecular flexibility index (Phi) is 5.06. The number of hydrogen-bond donors (Lipinski definition) is 3. The Bertz CT molecular complexity index is 777. The zero-order chi connectivity index (χ0) is 17.9. The normalized spacial score (nSPS) is 15.9. The van der Waals surface area contributed by atoms with Crippen LogP contribution < -0.4 is 10.6 Å². The van der Waals surface area contributed by atoms with Crippen molar-refractivity contribution in [3.8, 4) is 0 Å². The van der Waals surface area contributed by atoms with Crippen LogP contribution in [0.4, 0.5) is 5.69 Å². The van der Waals surface area contributed by atoms with Crippen molar-refractivity contribution >= 4 is 29.1 Å². The van der Waals surface area contributed by atoms with Crippen molar-refractivity contribution in [2.45, 2.75) is 18.4 Å². The summed E-state index contributed by atoms with van der Waals surface area (Å²) in [6.07, 6.45) is 1.79. The minimum Gasteiger partial charge on any atom is -0.383 e. The highest BCUT2D eigenvalue weighted by Crippen LogP contribution is 2.45. The van der Waals surface area contributed by atoms with Crippen molar-refractivity contribution in [1.29, 1.82) is 0 Å². The number of anilines is 1. The summed E-state index contributed by atoms with van der Waals surface area (Å²) in [7, 11) is 0. The van der Waals surface area contributed by atoms with E-state index in [9.17, 15) is 14.7 Å². The van der Waals surface area contributed by atoms with Crippen LogP contribution >= 0.6 is 11.6 Å². The second-order valence-electron chi connectivity index (χ2n) is 6.18. The molecule has 0 aliphatic heterocycles. The maximum atomic E-state index is 12.1. The first kappa shape index (κ1) is 17.5. The smallest absolute Gasteiger partial charge is 0.313 e. The number of aliphatic hydroxyl groups is 1. The van der Waals surface area contributed by atoms with Gasteiger partial charge in [-0.25, -0.2) is 0 Å². The largest absolute Gasteiger partial charge is 0.383 e. The molecule has 0 heterocycles. The van der Waals surface area contributed by atoms with Crippen LogP contribution in [0.25, 0.3) is 0 Å². The lowest BCUT2D eigenvalue weighted by Gasteiger charge is -2.29. The highest BCUT2D eigenvalue weighted by Gasteiger charge is 2.45. The van der Waals surface area contributed by atoms with Crippen molar-refractivity contribution in [3.63, 3.8) is 0 Å². The van der Waals surface area contributed by atoms with E-state index in [1.54, 1.807) is 24.3 Å². The highest BCUT2D eigenvalue weighted by molar-refractivity contribution is 6.41. The van der Waals surface area contributed by atoms with E-state index >= 15 is 0 Å². The maximum Gasteiger partial charge on any atom is 0.313 e. The van der Waals surface area contributed by atoms with Gasteiger partial charge in [0.25, 0.3) is 0 Å². The molecule has 0 radical (unpaired) electrons. The second-order valence-corrected chi connectivity index (χ2v) is 6.59. The number of hydrogen-bond acceptors (Lipinski definition) is 3. The first-order valence-electron chi connectivity index (χ1n) is 8.12. The zero-order valence-corrected chi connectivity index (χ0v) is 14.3. The van der Waals surface area contributed by atoms with E-state index in [1.165, 1.54) is 0 Å². The van der Waals surface area contributed by atoms with E-state index in [0.717, 1.165) is 18.4 Å². The SMILES string of the molecule is O=C(NCC(O)(c1ccccc1)C1CC1)C(=O)Nc1ccccc1Cl. The molecule has 2 amide bonds. The van der Waals surface area contributed by atoms with Gasteiger partial charge in [0, 0.05) is 0 Å². The van der Waals surface area contributed by atoms with Crippen molar-refractivity contribution in [1.82, 2.24) is 5.32 Å². The summed E-state index contributed by atoms with van der Waals surface area (Å²) in [4.78, 5) is 24.1. The Morgan fingerprint density at radius 1 is 1.04 bits per heavy atom. The van der Waals surface area contributed by atoms with Crippen LogP contribution in [0.1, 0.15) is 18.4 Å². The summed E-state index contributed by atoms with van der Waals surface area (Å²) in [6, 6.07) is 15.9. The Morgan fingerprint density at radius 3 is 2.32 bits per heavy atom. The molecule has 1 aliphatic carbocycles. The quantitative estimate of drug-likeness (QED) is 0.719. The maximum absolute atomic E-state index is 12.1. The zero-order valence-electron chi connectivity index (χ0n) is 13.5. The number of nitrogens with one attached hydrogen (secondary N) is 2. The van der Waals surface area contributed by atoms with Gasteiger partial charge in [0.05, 0.1) is 17.3 Å². The van der Waals surface area contributed by atoms with Gasteiger partial charge in [-0.05, 0) is 36.5 Å². The average molecular weight is 359 g/mol. The van der Waals surface area contributed by atoms with Gasteiger partial charge < -0.3 is 15.7 Å². The number of carbonyl (C=O) groups is 2. The fraction of sp³-hybridized carbons (Fsp3) is 0.263. The van der Waals surface area contributed by atoms with Crippen molar-refractivity contribution in [2.24, 2.45) is 5.92 Å². The summed E-state index contributed by atoms with van der Waals surface area (Å²) in [5.41, 5.74) is -0.0594. The summed E-state index contributed by atoms with van der Waals surface area (Å²) in [6.45, 7) is -0.0174. The molecule has 0 spiro atoms. The van der Waals surface area contributed by atoms with Crippen LogP contribution in [0.2, 0.25) is 5.02 Å². The fourth-order valence-electron chi connectivity index (χ4n) is 2.81. The molecule has 1 atom stereocenters. The molecule has 6 heteroatoms. The molecule has 0 saturated heterocycles. The minimum atomic E-state index is -1.17. The van der Waals surface area contributed by atoms with Crippen LogP contribution in [0, 0.1) is 5.92 Å². The lowest BCUT2D eigenvalue weighted by Crippen LogP contribution is -2.45. The van der Waals surface area contributed by atoms with Gasteiger partial charge in [0.1, 0.15) is 5.60 Å². The Morgan fingerprint density at radius 2 is 1.68 bits per heavy atom. The monoisotopic (exact) mass is 358 g/mol. The number of amides is 2. The van der Waals surface area contributed by atoms with Gasteiger partial charge in [0.15, 0.2) is 0 Å². The van der Waals surface area contributed by atoms with Gasteiger partial charge in [-0.15, -0.1) is 0 Å². The van der Waals surface area contributed by atoms with E-state index in [0.29, 0.717) is 10.7 Å². The number of para-hydroxylation sites is 1. The van der Waals surface area contributed by atoms with Gasteiger partial charge in [-0.1, -0.05) is 54.1 Å². The molecular weight excluding hydrogens is 340 g/mol. The number of benzene rings is 2. The van der Waals surface area contributed by atoms with Crippen LogP contribution in [-0.4, -0.2) is 23.5 Å². The minimum absolute atomic E-state index is 0.0174. The van der Waals surface area contributed by atoms with Crippen LogP contribution in [-0.2, 0) is 15.2 Å². The standard InChI is InChI=1S/C19H19ClN2O3/c20-15-8-4-5-9-16(15)22-18(24)17(23)21-12-19(25,14-10-11-14)13-6-2-1-3-7-13/h1-9,14,25H,10-12H2,(H,21,23)(H,22,24). The topological polar surface area (TPSA) is 78.4 Å². The Hall–Kier alpha value is -2.37. The predicted octanol–water partition coefficient (Wildman–Crippen LogP) is 2.69. The molecule has 3 rings (SSSR count). The molecule has 130 valence electrons. The van der Waals surface area contributed by atoms with Gasteiger partial charge >= 0.3 is 11.8 Å². The third-order valence-corrected chi connectivity index (χ3v) is 4.70. The summed E-state index contributed by atoms with van der Waals surface area (Å²) in [5, 5.41) is 16.4. The summed E-state index contributed by atoms with van der Waals surface area (Å²) >= 11 is 5.97. The molecule has 0 bridgehead atoms. The molecule has 3 N–H and O–H groups in total. The fourth-order valence-corrected chi connectivity index (χ4v) is 2.99. The molecule has 5 nitrogen and oxygen atoms in total. The van der Waals surface area contributed by atoms with Crippen LogP contribution in [0.3, 0.4) is 0 Å². The van der Waals surface area contributed by atoms with Crippen molar-refractivity contribution in [3.05, 3.63) is 65.2 Å². The van der Waals surface area contributed by atoms with E-state index in [4.69, 9.17) is 11.6 Å². The van der Waals surface area contributed by atoms with E-state index in [1.807, 2.05) is 30.3 Å². The summed E-state index contributed by atoms with van der Waals surface area (Å²) < 4.78 is 0. The third-order valence-electron chi connectivity index (χ3n) is 4.37. The van der Waals surface area contributed by atoms with Gasteiger partial charge in [-0.2, -0.15) is 0 Å². The molecule has 2 aromatic carbocycles. The first-order chi connectivity index (χ1) is 12.0. The van der Waals surface area contributed by atoms with Gasteiger partial charge in [0.2, 0.25) is 0 Å². The van der Waals surface area contributed by atoms with E-state index in [2.05, 4.69) is 10.6 Å². The Balaban J connectivity index is 1.64. The third kappa shape index (κ3) is 4.00. The average Bonchev–Trinajstić information content (AvgIpc) is 3.47. The Labute approximate surface area is 151 Å². The highest BCUT2D eigenvalue weighted by atomic mass is 35.5.